The van der Waals surface area contributed by atoms with Crippen LogP contribution >= 0.6 is 0 Å². The fraction of sp³-hybridized carbons (Fsp3) is 0.600. The largest absolute Gasteiger partial charge is 0.387 e. The van der Waals surface area contributed by atoms with Crippen LogP contribution in [0.25, 0.3) is 0 Å². The molecule has 0 rings (SSSR count). The van der Waals surface area contributed by atoms with Gasteiger partial charge < -0.3 is 16.0 Å². The molecule has 174 valence electrons. The van der Waals surface area contributed by atoms with Crippen LogP contribution in [0.1, 0.15) is 60.8 Å². The second-order valence-corrected chi connectivity index (χ2v) is 11.2. The summed E-state index contributed by atoms with van der Waals surface area (Å²) in [4.78, 5) is -1.53. The number of nitrogens with one attached hydrogen (secondary N) is 3. The Morgan fingerprint density at radius 3 is 1.26 bits per heavy atom. The summed E-state index contributed by atoms with van der Waals surface area (Å²) in [5.41, 5.74) is 0. The topological polar surface area (TPSA) is 152 Å². The molecule has 0 amide bonds. The Labute approximate surface area is 186 Å². The van der Waals surface area contributed by atoms with E-state index >= 15 is 0 Å². The summed E-state index contributed by atoms with van der Waals surface area (Å²) in [7, 11) is -9.50. The molecule has 3 atom stereocenters. The minimum absolute atomic E-state index is 0.130. The van der Waals surface area contributed by atoms with Crippen molar-refractivity contribution in [3.05, 3.63) is 32.6 Å². The number of nitrogens with zero attached hydrogens (tertiary/aromatic N) is 2. The number of rotatable bonds is 13. The third-order valence-corrected chi connectivity index (χ3v) is 8.84. The van der Waals surface area contributed by atoms with Gasteiger partial charge in [0.1, 0.15) is 12.1 Å². The van der Waals surface area contributed by atoms with Gasteiger partial charge in [0.25, 0.3) is 0 Å². The van der Waals surface area contributed by atoms with Crippen LogP contribution in [0.3, 0.4) is 0 Å². The van der Waals surface area contributed by atoms with Crippen molar-refractivity contribution >= 4 is 19.7 Å². The predicted molar refractivity (Wildman–Crippen MR) is 122 cm³/mol. The molecule has 0 aromatic rings. The molecule has 0 aliphatic rings. The maximum Gasteiger partial charge on any atom is 0.230 e. The highest BCUT2D eigenvalue weighted by atomic mass is 32.3. The van der Waals surface area contributed by atoms with Crippen molar-refractivity contribution in [1.82, 2.24) is 16.0 Å². The summed E-state index contributed by atoms with van der Waals surface area (Å²) in [6.45, 7) is 10.9. The monoisotopic (exact) mass is 471 g/mol. The summed E-state index contributed by atoms with van der Waals surface area (Å²) in [6, 6.07) is 2.61. The van der Waals surface area contributed by atoms with E-state index in [-0.39, 0.29) is 18.1 Å². The van der Waals surface area contributed by atoms with E-state index in [1.54, 1.807) is 32.9 Å². The number of sulfone groups is 2. The fourth-order valence-electron chi connectivity index (χ4n) is 1.86. The average Bonchev–Trinajstić information content (AvgIpc) is 2.73. The van der Waals surface area contributed by atoms with Gasteiger partial charge in [0.05, 0.1) is 0 Å². The molecular formula is C20H33N5O4S2. The van der Waals surface area contributed by atoms with Crippen LogP contribution in [0.15, 0.2) is 32.6 Å². The maximum atomic E-state index is 13.1. The van der Waals surface area contributed by atoms with Crippen LogP contribution in [0.2, 0.25) is 0 Å². The van der Waals surface area contributed by atoms with Crippen molar-refractivity contribution in [3.63, 3.8) is 0 Å². The summed E-state index contributed by atoms with van der Waals surface area (Å²) in [5.74, 6) is 0. The molecule has 3 unspecified atom stereocenters. The molecule has 9 nitrogen and oxygen atoms in total. The van der Waals surface area contributed by atoms with E-state index in [0.717, 1.165) is 18.6 Å². The van der Waals surface area contributed by atoms with Gasteiger partial charge in [0.15, 0.2) is 14.0 Å². The van der Waals surface area contributed by atoms with E-state index in [1.807, 2.05) is 20.8 Å². The molecular weight excluding hydrogens is 438 g/mol. The van der Waals surface area contributed by atoms with Gasteiger partial charge in [-0.15, -0.1) is 0 Å². The first-order chi connectivity index (χ1) is 14.4. The molecule has 11 heteroatoms. The molecule has 0 aliphatic carbocycles. The highest BCUT2D eigenvalue weighted by Crippen LogP contribution is 2.27. The van der Waals surface area contributed by atoms with Gasteiger partial charge in [-0.3, -0.25) is 0 Å². The van der Waals surface area contributed by atoms with E-state index in [9.17, 15) is 27.4 Å². The molecule has 3 N–H and O–H groups in total. The third kappa shape index (κ3) is 8.27. The highest BCUT2D eigenvalue weighted by Gasteiger charge is 2.37. The molecule has 0 aliphatic heterocycles. The molecule has 0 heterocycles. The molecule has 0 fully saturated rings. The van der Waals surface area contributed by atoms with Crippen molar-refractivity contribution < 1.29 is 16.8 Å². The Balaban J connectivity index is 6.64. The van der Waals surface area contributed by atoms with E-state index < -0.39 is 33.7 Å². The number of hydrogen-bond acceptors (Lipinski definition) is 9. The molecule has 31 heavy (non-hydrogen) atoms. The second-order valence-electron chi connectivity index (χ2n) is 7.14. The Kier molecular flexibility index (Phi) is 12.0. The molecule has 0 spiro atoms. The van der Waals surface area contributed by atoms with Gasteiger partial charge in [-0.1, -0.05) is 20.8 Å². The molecule has 0 aromatic heterocycles. The van der Waals surface area contributed by atoms with Gasteiger partial charge in [-0.25, -0.2) is 16.8 Å². The molecule has 0 saturated heterocycles. The van der Waals surface area contributed by atoms with Gasteiger partial charge in [0.2, 0.25) is 19.7 Å². The van der Waals surface area contributed by atoms with Gasteiger partial charge in [-0.05, 0) is 40.0 Å². The normalized spacial score (nSPS) is 15.6. The lowest BCUT2D eigenvalue weighted by Crippen LogP contribution is -2.27. The van der Waals surface area contributed by atoms with E-state index in [1.165, 1.54) is 0 Å². The predicted octanol–water partition coefficient (Wildman–Crippen LogP) is 2.51. The first-order valence-electron chi connectivity index (χ1n) is 10.1. The SMILES string of the molecule is CCC(C)NC=C(C#N)S(=O)(=O)C(=CNC(C)CC)S(=O)(=O)C(C#N)=CNC(C)CC. The molecule has 0 radical (unpaired) electrons. The lowest BCUT2D eigenvalue weighted by molar-refractivity contribution is 0.595. The highest BCUT2D eigenvalue weighted by molar-refractivity contribution is 8.17. The van der Waals surface area contributed by atoms with E-state index in [4.69, 9.17) is 0 Å². The van der Waals surface area contributed by atoms with Crippen LogP contribution < -0.4 is 16.0 Å². The van der Waals surface area contributed by atoms with Crippen LogP contribution in [-0.4, -0.2) is 35.0 Å². The van der Waals surface area contributed by atoms with Crippen LogP contribution in [-0.2, 0) is 19.7 Å². The minimum Gasteiger partial charge on any atom is -0.387 e. The third-order valence-electron chi connectivity index (χ3n) is 4.65. The summed E-state index contributed by atoms with van der Waals surface area (Å²) in [6.07, 6.45) is 4.74. The maximum absolute atomic E-state index is 13.1. The van der Waals surface area contributed by atoms with Crippen LogP contribution in [0.4, 0.5) is 0 Å². The van der Waals surface area contributed by atoms with Crippen molar-refractivity contribution in [3.8, 4) is 12.1 Å². The van der Waals surface area contributed by atoms with E-state index in [0.29, 0.717) is 19.3 Å². The van der Waals surface area contributed by atoms with Crippen LogP contribution in [0.5, 0.6) is 0 Å². The van der Waals surface area contributed by atoms with Gasteiger partial charge >= 0.3 is 0 Å². The Hall–Kier alpha value is -2.50. The standard InChI is InChI=1S/C20H33N5O4S2/c1-7-15(4)23-12-18(10-21)30(26,27)20(14-25-17(6)9-3)31(28,29)19(11-22)13-24-16(5)8-2/h12-17,23-25H,7-9H2,1-6H3. The number of allylic oxidation sites excluding steroid dienone is 2. The van der Waals surface area contributed by atoms with Gasteiger partial charge in [-0.2, -0.15) is 10.5 Å². The van der Waals surface area contributed by atoms with Gasteiger partial charge in [0, 0.05) is 36.7 Å². The zero-order valence-electron chi connectivity index (χ0n) is 18.9. The Morgan fingerprint density at radius 2 is 1.00 bits per heavy atom. The molecule has 0 aromatic carbocycles. The zero-order chi connectivity index (χ0) is 24.2. The number of nitriles is 2. The minimum atomic E-state index is -4.75. The lowest BCUT2D eigenvalue weighted by atomic mass is 10.3. The van der Waals surface area contributed by atoms with E-state index in [2.05, 4.69) is 16.0 Å². The molecule has 0 bridgehead atoms. The summed E-state index contributed by atoms with van der Waals surface area (Å²) >= 11 is 0. The Bertz CT molecular complexity index is 912. The van der Waals surface area contributed by atoms with Crippen molar-refractivity contribution in [2.24, 2.45) is 0 Å². The smallest absolute Gasteiger partial charge is 0.230 e. The van der Waals surface area contributed by atoms with Crippen molar-refractivity contribution in [2.75, 3.05) is 0 Å². The van der Waals surface area contributed by atoms with Crippen molar-refractivity contribution in [2.45, 2.75) is 78.9 Å². The summed E-state index contributed by atoms with van der Waals surface area (Å²) < 4.78 is 51.5. The average molecular weight is 472 g/mol. The lowest BCUT2D eigenvalue weighted by Gasteiger charge is -2.14. The second kappa shape index (κ2) is 13.0. The van der Waals surface area contributed by atoms with Crippen molar-refractivity contribution in [1.29, 1.82) is 10.5 Å². The first kappa shape index (κ1) is 28.5. The Morgan fingerprint density at radius 1 is 0.710 bits per heavy atom. The van der Waals surface area contributed by atoms with Crippen LogP contribution in [0, 0.1) is 22.7 Å². The fourth-order valence-corrected chi connectivity index (χ4v) is 5.12. The zero-order valence-corrected chi connectivity index (χ0v) is 20.6. The molecule has 0 saturated carbocycles. The first-order valence-corrected chi connectivity index (χ1v) is 13.1. The number of hydrogen-bond donors (Lipinski definition) is 3. The summed E-state index contributed by atoms with van der Waals surface area (Å²) in [5, 5.41) is 27.1. The quantitative estimate of drug-likeness (QED) is 0.344.